The van der Waals surface area contributed by atoms with E-state index in [1.807, 2.05) is 0 Å². The average Bonchev–Trinajstić information content (AvgIpc) is 3.76. The molecule has 0 atom stereocenters. The second-order valence-electron chi connectivity index (χ2n) is 16.9. The molecule has 0 fully saturated rings. The van der Waals surface area contributed by atoms with Crippen molar-refractivity contribution in [2.24, 2.45) is 0 Å². The van der Waals surface area contributed by atoms with Crippen molar-refractivity contribution < 1.29 is 0 Å². The number of nitrogens with zero attached hydrogens (tertiary/aromatic N) is 2. The van der Waals surface area contributed by atoms with Crippen LogP contribution in [-0.4, -0.2) is 4.57 Å². The summed E-state index contributed by atoms with van der Waals surface area (Å²) >= 11 is 0. The van der Waals surface area contributed by atoms with Crippen molar-refractivity contribution in [1.29, 1.82) is 0 Å². The number of fused-ring (bicyclic) bond motifs is 9. The first kappa shape index (κ1) is 35.3. The Hall–Kier alpha value is -7.68. The van der Waals surface area contributed by atoms with Crippen molar-refractivity contribution in [2.75, 3.05) is 4.90 Å². The van der Waals surface area contributed by atoms with Crippen molar-refractivity contribution in [3.63, 3.8) is 0 Å². The van der Waals surface area contributed by atoms with E-state index in [0.29, 0.717) is 0 Å². The number of hydrogen-bond donors (Lipinski definition) is 0. The van der Waals surface area contributed by atoms with E-state index in [1.54, 1.807) is 0 Å². The molecule has 61 heavy (non-hydrogen) atoms. The molecule has 0 amide bonds. The lowest BCUT2D eigenvalue weighted by molar-refractivity contribution is 0.661. The van der Waals surface area contributed by atoms with E-state index in [4.69, 9.17) is 0 Å². The summed E-state index contributed by atoms with van der Waals surface area (Å²) in [5.41, 5.74) is 17.2. The Morgan fingerprint density at radius 2 is 0.902 bits per heavy atom. The fraction of sp³-hybridized carbons (Fsp3) is 0.0508. The van der Waals surface area contributed by atoms with Crippen molar-refractivity contribution >= 4 is 60.4 Å². The number of anilines is 3. The molecule has 0 saturated heterocycles. The normalized spacial score (nSPS) is 12.9. The molecular formula is C59H42N2. The molecule has 0 spiro atoms. The zero-order chi connectivity index (χ0) is 40.7. The number of hydrogen-bond acceptors (Lipinski definition) is 1. The summed E-state index contributed by atoms with van der Waals surface area (Å²) in [4.78, 5) is 2.34. The molecule has 288 valence electrons. The van der Waals surface area contributed by atoms with Crippen LogP contribution in [0.4, 0.5) is 17.1 Å². The molecule has 2 heteroatoms. The molecular weight excluding hydrogens is 737 g/mol. The highest BCUT2D eigenvalue weighted by Gasteiger charge is 2.36. The number of aromatic nitrogens is 1. The Bertz CT molecular complexity index is 3460. The van der Waals surface area contributed by atoms with E-state index in [1.165, 1.54) is 87.9 Å². The Morgan fingerprint density at radius 1 is 0.344 bits per heavy atom. The van der Waals surface area contributed by atoms with Gasteiger partial charge in [-0.3, -0.25) is 0 Å². The van der Waals surface area contributed by atoms with Gasteiger partial charge in [-0.15, -0.1) is 0 Å². The number of para-hydroxylation sites is 2. The van der Waals surface area contributed by atoms with Crippen LogP contribution in [0.1, 0.15) is 25.0 Å². The highest BCUT2D eigenvalue weighted by molar-refractivity contribution is 6.14. The average molecular weight is 779 g/mol. The third-order valence-electron chi connectivity index (χ3n) is 13.2. The Labute approximate surface area is 356 Å². The van der Waals surface area contributed by atoms with Gasteiger partial charge in [-0.05, 0) is 139 Å². The number of benzene rings is 10. The fourth-order valence-corrected chi connectivity index (χ4v) is 10.2. The first-order valence-corrected chi connectivity index (χ1v) is 21.3. The van der Waals surface area contributed by atoms with Gasteiger partial charge in [0, 0.05) is 38.9 Å². The van der Waals surface area contributed by atoms with Crippen LogP contribution in [0.2, 0.25) is 0 Å². The number of rotatable bonds is 6. The minimum Gasteiger partial charge on any atom is -0.311 e. The minimum atomic E-state index is -0.0653. The van der Waals surface area contributed by atoms with Crippen LogP contribution in [0.5, 0.6) is 0 Å². The molecule has 1 aliphatic rings. The lowest BCUT2D eigenvalue weighted by Gasteiger charge is -2.26. The molecule has 0 aliphatic heterocycles. The van der Waals surface area contributed by atoms with Crippen LogP contribution in [0.3, 0.4) is 0 Å². The molecule has 0 N–H and O–H groups in total. The van der Waals surface area contributed by atoms with Crippen LogP contribution in [0, 0.1) is 0 Å². The van der Waals surface area contributed by atoms with Crippen molar-refractivity contribution in [1.82, 2.24) is 4.57 Å². The lowest BCUT2D eigenvalue weighted by atomic mass is 9.82. The van der Waals surface area contributed by atoms with Crippen LogP contribution >= 0.6 is 0 Å². The van der Waals surface area contributed by atoms with Gasteiger partial charge in [0.2, 0.25) is 0 Å². The Balaban J connectivity index is 0.887. The van der Waals surface area contributed by atoms with Gasteiger partial charge in [-0.25, -0.2) is 0 Å². The van der Waals surface area contributed by atoms with E-state index >= 15 is 0 Å². The molecule has 2 nitrogen and oxygen atoms in total. The van der Waals surface area contributed by atoms with E-state index < -0.39 is 0 Å². The van der Waals surface area contributed by atoms with E-state index in [9.17, 15) is 0 Å². The van der Waals surface area contributed by atoms with Crippen molar-refractivity contribution in [3.05, 3.63) is 230 Å². The van der Waals surface area contributed by atoms with Crippen LogP contribution < -0.4 is 4.90 Å². The quantitative estimate of drug-likeness (QED) is 0.153. The zero-order valence-corrected chi connectivity index (χ0v) is 34.2. The standard InChI is InChI=1S/C59H42N2/c1-59(2)55-22-12-10-20-50(55)53-37-54-51-21-11-13-23-57(51)61(58(54)38-56(53)59)46-32-26-40(27-33-46)39-24-30-44(31-25-39)60(43-15-4-3-5-16-43)45-34-28-41(29-35-45)52-36-42-14-6-7-17-47(42)48-18-8-9-19-49(48)52/h3-38H,1-2H3. The SMILES string of the molecule is CC1(C)c2ccccc2-c2cc3c4ccccc4n(-c4ccc(-c5ccc(N(c6ccccc6)c6ccc(-c7cc8ccccc8c8ccccc78)cc6)cc5)cc4)c3cc21. The van der Waals surface area contributed by atoms with Gasteiger partial charge in [-0.1, -0.05) is 159 Å². The summed E-state index contributed by atoms with van der Waals surface area (Å²) in [6.07, 6.45) is 0. The van der Waals surface area contributed by atoms with E-state index in [-0.39, 0.29) is 5.41 Å². The summed E-state index contributed by atoms with van der Waals surface area (Å²) in [6, 6.07) is 80.2. The molecule has 0 saturated carbocycles. The van der Waals surface area contributed by atoms with Crippen LogP contribution in [0.15, 0.2) is 218 Å². The summed E-state index contributed by atoms with van der Waals surface area (Å²) in [7, 11) is 0. The van der Waals surface area contributed by atoms with Crippen molar-refractivity contribution in [2.45, 2.75) is 19.3 Å². The van der Waals surface area contributed by atoms with Gasteiger partial charge >= 0.3 is 0 Å². The summed E-state index contributed by atoms with van der Waals surface area (Å²) < 4.78 is 2.45. The molecule has 0 radical (unpaired) electrons. The molecule has 0 bridgehead atoms. The van der Waals surface area contributed by atoms with Gasteiger partial charge in [0.05, 0.1) is 11.0 Å². The van der Waals surface area contributed by atoms with Gasteiger partial charge < -0.3 is 9.47 Å². The Kier molecular flexibility index (Phi) is 7.92. The smallest absolute Gasteiger partial charge is 0.0544 e. The van der Waals surface area contributed by atoms with Crippen molar-refractivity contribution in [3.8, 4) is 39.1 Å². The summed E-state index contributed by atoms with van der Waals surface area (Å²) in [5, 5.41) is 7.67. The molecule has 1 aliphatic carbocycles. The maximum absolute atomic E-state index is 2.45. The first-order valence-electron chi connectivity index (χ1n) is 21.3. The monoisotopic (exact) mass is 778 g/mol. The van der Waals surface area contributed by atoms with Crippen LogP contribution in [-0.2, 0) is 5.41 Å². The van der Waals surface area contributed by atoms with Gasteiger partial charge in [-0.2, -0.15) is 0 Å². The highest BCUT2D eigenvalue weighted by atomic mass is 15.1. The van der Waals surface area contributed by atoms with Gasteiger partial charge in [0.1, 0.15) is 0 Å². The second kappa shape index (κ2) is 13.7. The van der Waals surface area contributed by atoms with E-state index in [2.05, 4.69) is 242 Å². The predicted molar refractivity (Wildman–Crippen MR) is 259 cm³/mol. The maximum Gasteiger partial charge on any atom is 0.0544 e. The van der Waals surface area contributed by atoms with E-state index in [0.717, 1.165) is 22.7 Å². The minimum absolute atomic E-state index is 0.0653. The third-order valence-corrected chi connectivity index (χ3v) is 13.2. The summed E-state index contributed by atoms with van der Waals surface area (Å²) in [6.45, 7) is 4.72. The van der Waals surface area contributed by atoms with Gasteiger partial charge in [0.25, 0.3) is 0 Å². The van der Waals surface area contributed by atoms with Crippen LogP contribution in [0.25, 0.3) is 82.4 Å². The first-order chi connectivity index (χ1) is 30.0. The predicted octanol–water partition coefficient (Wildman–Crippen LogP) is 16.2. The molecule has 1 heterocycles. The molecule has 11 aromatic rings. The zero-order valence-electron chi connectivity index (χ0n) is 34.2. The Morgan fingerprint density at radius 3 is 1.64 bits per heavy atom. The second-order valence-corrected chi connectivity index (χ2v) is 16.9. The molecule has 0 unspecified atom stereocenters. The third kappa shape index (κ3) is 5.56. The molecule has 10 aromatic carbocycles. The van der Waals surface area contributed by atoms with Gasteiger partial charge in [0.15, 0.2) is 0 Å². The fourth-order valence-electron chi connectivity index (χ4n) is 10.2. The topological polar surface area (TPSA) is 8.17 Å². The largest absolute Gasteiger partial charge is 0.311 e. The highest BCUT2D eigenvalue weighted by Crippen LogP contribution is 2.51. The maximum atomic E-state index is 2.45. The molecule has 1 aromatic heterocycles. The lowest BCUT2D eigenvalue weighted by Crippen LogP contribution is -2.14. The summed E-state index contributed by atoms with van der Waals surface area (Å²) in [5.74, 6) is 0. The molecule has 12 rings (SSSR count).